The van der Waals surface area contributed by atoms with E-state index >= 15 is 0 Å². The lowest BCUT2D eigenvalue weighted by Gasteiger charge is -2.22. The van der Waals surface area contributed by atoms with Crippen molar-refractivity contribution < 1.29 is 28.6 Å². The summed E-state index contributed by atoms with van der Waals surface area (Å²) in [5.74, 6) is 0.773. The van der Waals surface area contributed by atoms with Gasteiger partial charge in [0.1, 0.15) is 0 Å². The van der Waals surface area contributed by atoms with Gasteiger partial charge in [-0.3, -0.25) is 19.3 Å². The van der Waals surface area contributed by atoms with E-state index < -0.39 is 0 Å². The predicted molar refractivity (Wildman–Crippen MR) is 109 cm³/mol. The Kier molecular flexibility index (Phi) is 6.84. The molecule has 0 spiro atoms. The molecule has 1 saturated carbocycles. The number of likely N-dealkylation sites (tertiary alicyclic amines) is 1. The van der Waals surface area contributed by atoms with Gasteiger partial charge in [0.15, 0.2) is 11.5 Å². The zero-order chi connectivity index (χ0) is 21.8. The molecule has 0 bridgehead atoms. The van der Waals surface area contributed by atoms with Crippen LogP contribution in [0.4, 0.5) is 0 Å². The van der Waals surface area contributed by atoms with Crippen molar-refractivity contribution in [1.82, 2.24) is 9.80 Å². The minimum Gasteiger partial charge on any atom is -0.493 e. The molecule has 2 fully saturated rings. The van der Waals surface area contributed by atoms with E-state index in [2.05, 4.69) is 0 Å². The van der Waals surface area contributed by atoms with E-state index in [-0.39, 0.29) is 42.5 Å². The lowest BCUT2D eigenvalue weighted by molar-refractivity contribution is -0.140. The summed E-state index contributed by atoms with van der Waals surface area (Å²) in [7, 11) is 6.29. The van der Waals surface area contributed by atoms with Gasteiger partial charge in [-0.25, -0.2) is 0 Å². The normalized spacial score (nSPS) is 20.7. The Morgan fingerprint density at radius 2 is 1.60 bits per heavy atom. The third kappa shape index (κ3) is 4.08. The van der Waals surface area contributed by atoms with Gasteiger partial charge in [-0.15, -0.1) is 0 Å². The van der Waals surface area contributed by atoms with Crippen LogP contribution in [0.25, 0.3) is 0 Å². The van der Waals surface area contributed by atoms with Crippen molar-refractivity contribution in [2.75, 3.05) is 34.9 Å². The summed E-state index contributed by atoms with van der Waals surface area (Å²) in [5.41, 5.74) is 0.769. The lowest BCUT2D eigenvalue weighted by Crippen LogP contribution is -2.36. The standard InChI is InChI=1S/C22H30N2O6/c1-23(13-14-9-10-17(28-2)20(30-4)19(14)29-3)18(25)11-12-24-21(26)15-7-5-6-8-16(15)22(24)27/h9-10,15-16H,5-8,11-13H2,1-4H3/t15-,16-/m0/s1. The largest absolute Gasteiger partial charge is 0.493 e. The first-order valence-electron chi connectivity index (χ1n) is 10.3. The first kappa shape index (κ1) is 21.9. The van der Waals surface area contributed by atoms with Crippen LogP contribution in [0.3, 0.4) is 0 Å². The molecule has 3 rings (SSSR count). The number of methoxy groups -OCH3 is 3. The maximum absolute atomic E-state index is 12.7. The van der Waals surface area contributed by atoms with E-state index in [4.69, 9.17) is 14.2 Å². The van der Waals surface area contributed by atoms with Gasteiger partial charge in [-0.05, 0) is 25.0 Å². The molecule has 0 N–H and O–H groups in total. The summed E-state index contributed by atoms with van der Waals surface area (Å²) >= 11 is 0. The number of hydrogen-bond acceptors (Lipinski definition) is 6. The number of hydrogen-bond donors (Lipinski definition) is 0. The lowest BCUT2D eigenvalue weighted by atomic mass is 9.81. The number of carbonyl (C=O) groups is 3. The molecule has 2 atom stereocenters. The van der Waals surface area contributed by atoms with Crippen molar-refractivity contribution in [3.8, 4) is 17.2 Å². The second-order valence-electron chi connectivity index (χ2n) is 7.82. The monoisotopic (exact) mass is 418 g/mol. The zero-order valence-electron chi connectivity index (χ0n) is 18.1. The molecule has 2 aliphatic rings. The predicted octanol–water partition coefficient (Wildman–Crippen LogP) is 2.24. The Morgan fingerprint density at radius 1 is 1.00 bits per heavy atom. The van der Waals surface area contributed by atoms with Crippen molar-refractivity contribution >= 4 is 17.7 Å². The molecular weight excluding hydrogens is 388 g/mol. The first-order chi connectivity index (χ1) is 14.4. The summed E-state index contributed by atoms with van der Waals surface area (Å²) in [6.07, 6.45) is 3.63. The number of fused-ring (bicyclic) bond motifs is 1. The number of imide groups is 1. The third-order valence-electron chi connectivity index (χ3n) is 6.10. The average Bonchev–Trinajstić information content (AvgIpc) is 3.01. The van der Waals surface area contributed by atoms with E-state index in [0.717, 1.165) is 31.2 Å². The summed E-state index contributed by atoms with van der Waals surface area (Å²) < 4.78 is 16.2. The molecule has 1 saturated heterocycles. The van der Waals surface area contributed by atoms with Crippen molar-refractivity contribution in [2.45, 2.75) is 38.6 Å². The quantitative estimate of drug-likeness (QED) is 0.602. The number of nitrogens with zero attached hydrogens (tertiary/aromatic N) is 2. The number of rotatable bonds is 8. The highest BCUT2D eigenvalue weighted by molar-refractivity contribution is 6.05. The summed E-state index contributed by atoms with van der Waals surface area (Å²) in [6.45, 7) is 0.437. The molecule has 8 nitrogen and oxygen atoms in total. The number of ether oxygens (including phenoxy) is 3. The van der Waals surface area contributed by atoms with Crippen LogP contribution < -0.4 is 14.2 Å². The van der Waals surface area contributed by atoms with Crippen molar-refractivity contribution in [2.24, 2.45) is 11.8 Å². The topological polar surface area (TPSA) is 85.4 Å². The van der Waals surface area contributed by atoms with E-state index in [1.807, 2.05) is 6.07 Å². The summed E-state index contributed by atoms with van der Waals surface area (Å²) in [6, 6.07) is 3.58. The van der Waals surface area contributed by atoms with Crippen molar-refractivity contribution in [3.63, 3.8) is 0 Å². The van der Waals surface area contributed by atoms with Crippen LogP contribution in [0.1, 0.15) is 37.7 Å². The zero-order valence-corrected chi connectivity index (χ0v) is 18.1. The van der Waals surface area contributed by atoms with Gasteiger partial charge >= 0.3 is 0 Å². The molecule has 1 aliphatic heterocycles. The molecule has 0 unspecified atom stereocenters. The van der Waals surface area contributed by atoms with E-state index in [1.165, 1.54) is 19.1 Å². The van der Waals surface area contributed by atoms with Gasteiger partial charge in [0, 0.05) is 32.1 Å². The minimum atomic E-state index is -0.185. The first-order valence-corrected chi connectivity index (χ1v) is 10.3. The smallest absolute Gasteiger partial charge is 0.233 e. The second kappa shape index (κ2) is 9.36. The molecule has 1 aromatic rings. The van der Waals surface area contributed by atoms with Crippen LogP contribution >= 0.6 is 0 Å². The highest BCUT2D eigenvalue weighted by atomic mass is 16.5. The van der Waals surface area contributed by atoms with Crippen LogP contribution in [0, 0.1) is 11.8 Å². The molecule has 1 heterocycles. The summed E-state index contributed by atoms with van der Waals surface area (Å²) in [4.78, 5) is 40.7. The van der Waals surface area contributed by atoms with Crippen molar-refractivity contribution in [3.05, 3.63) is 17.7 Å². The Morgan fingerprint density at radius 3 is 2.13 bits per heavy atom. The molecule has 1 aliphatic carbocycles. The fourth-order valence-corrected chi connectivity index (χ4v) is 4.48. The Balaban J connectivity index is 1.63. The second-order valence-corrected chi connectivity index (χ2v) is 7.82. The van der Waals surface area contributed by atoms with E-state index in [9.17, 15) is 14.4 Å². The van der Waals surface area contributed by atoms with Crippen molar-refractivity contribution in [1.29, 1.82) is 0 Å². The maximum Gasteiger partial charge on any atom is 0.233 e. The van der Waals surface area contributed by atoms with Crippen LogP contribution in [-0.2, 0) is 20.9 Å². The van der Waals surface area contributed by atoms with Crippen LogP contribution in [0.15, 0.2) is 12.1 Å². The highest BCUT2D eigenvalue weighted by Crippen LogP contribution is 2.40. The third-order valence-corrected chi connectivity index (χ3v) is 6.10. The van der Waals surface area contributed by atoms with Gasteiger partial charge in [0.25, 0.3) is 0 Å². The van der Waals surface area contributed by atoms with E-state index in [0.29, 0.717) is 23.8 Å². The maximum atomic E-state index is 12.7. The van der Waals surface area contributed by atoms with Gasteiger partial charge < -0.3 is 19.1 Å². The van der Waals surface area contributed by atoms with Gasteiger partial charge in [0.2, 0.25) is 23.5 Å². The number of amides is 3. The van der Waals surface area contributed by atoms with E-state index in [1.54, 1.807) is 25.1 Å². The molecule has 0 radical (unpaired) electrons. The fourth-order valence-electron chi connectivity index (χ4n) is 4.48. The SMILES string of the molecule is COc1ccc(CN(C)C(=O)CCN2C(=O)[C@H]3CCCC[C@@H]3C2=O)c(OC)c1OC. The molecular formula is C22H30N2O6. The molecule has 0 aromatic heterocycles. The number of benzene rings is 1. The fraction of sp³-hybridized carbons (Fsp3) is 0.591. The molecule has 8 heteroatoms. The van der Waals surface area contributed by atoms with Crippen LogP contribution in [0.5, 0.6) is 17.2 Å². The van der Waals surface area contributed by atoms with Crippen LogP contribution in [0.2, 0.25) is 0 Å². The molecule has 1 aromatic carbocycles. The summed E-state index contributed by atoms with van der Waals surface area (Å²) in [5, 5.41) is 0. The highest BCUT2D eigenvalue weighted by Gasteiger charge is 2.47. The molecule has 3 amide bonds. The molecule has 164 valence electrons. The average molecular weight is 418 g/mol. The minimum absolute atomic E-state index is 0.100. The van der Waals surface area contributed by atoms with Crippen LogP contribution in [-0.4, -0.2) is 62.4 Å². The Labute approximate surface area is 177 Å². The van der Waals surface area contributed by atoms with Gasteiger partial charge in [-0.1, -0.05) is 12.8 Å². The Hall–Kier alpha value is -2.77. The van der Waals surface area contributed by atoms with Gasteiger partial charge in [0.05, 0.1) is 33.2 Å². The molecule has 30 heavy (non-hydrogen) atoms. The van der Waals surface area contributed by atoms with Gasteiger partial charge in [-0.2, -0.15) is 0 Å². The Bertz CT molecular complexity index is 800. The number of carbonyl (C=O) groups excluding carboxylic acids is 3.